The first-order valence-corrected chi connectivity index (χ1v) is 6.82. The highest BCUT2D eigenvalue weighted by Crippen LogP contribution is 2.21. The Morgan fingerprint density at radius 3 is 2.14 bits per heavy atom. The maximum Gasteiger partial charge on any atom is 0.152 e. The Hall–Kier alpha value is -0.0900. The summed E-state index contributed by atoms with van der Waals surface area (Å²) in [7, 11) is -2.94. The quantitative estimate of drug-likeness (QED) is 0.766. The molecule has 0 saturated carbocycles. The van der Waals surface area contributed by atoms with Gasteiger partial charge in [-0.3, -0.25) is 0 Å². The molecule has 0 rings (SSSR count). The summed E-state index contributed by atoms with van der Waals surface area (Å²) in [5.74, 6) is 0.275. The number of sulfone groups is 1. The fourth-order valence-electron chi connectivity index (χ4n) is 1.06. The molecule has 0 bridgehead atoms. The average Bonchev–Trinajstić information content (AvgIpc) is 2.00. The van der Waals surface area contributed by atoms with Crippen molar-refractivity contribution in [1.82, 2.24) is 0 Å². The van der Waals surface area contributed by atoms with Crippen LogP contribution in [0.4, 0.5) is 0 Å². The van der Waals surface area contributed by atoms with Crippen LogP contribution in [-0.2, 0) is 9.84 Å². The third-order valence-corrected chi connectivity index (χ3v) is 4.56. The largest absolute Gasteiger partial charge is 0.330 e. The van der Waals surface area contributed by atoms with Crippen LogP contribution >= 0.6 is 0 Å². The molecule has 1 unspecified atom stereocenters. The lowest BCUT2D eigenvalue weighted by molar-refractivity contribution is 0.396. The molecular formula is C10H23NO2S. The molecule has 0 radical (unpaired) electrons. The van der Waals surface area contributed by atoms with Gasteiger partial charge in [-0.15, -0.1) is 0 Å². The van der Waals surface area contributed by atoms with E-state index in [-0.39, 0.29) is 16.4 Å². The monoisotopic (exact) mass is 221 g/mol. The molecule has 0 saturated heterocycles. The minimum absolute atomic E-state index is 0.0789. The number of rotatable bonds is 5. The van der Waals surface area contributed by atoms with Crippen molar-refractivity contribution in [3.63, 3.8) is 0 Å². The van der Waals surface area contributed by atoms with Crippen LogP contribution in [0, 0.1) is 5.41 Å². The Labute approximate surface area is 88.0 Å². The average molecular weight is 221 g/mol. The first-order valence-electron chi connectivity index (χ1n) is 5.11. The van der Waals surface area contributed by atoms with Crippen LogP contribution in [0.2, 0.25) is 0 Å². The van der Waals surface area contributed by atoms with E-state index in [0.29, 0.717) is 19.4 Å². The Morgan fingerprint density at radius 1 is 1.29 bits per heavy atom. The highest BCUT2D eigenvalue weighted by Gasteiger charge is 2.22. The van der Waals surface area contributed by atoms with Gasteiger partial charge in [-0.05, 0) is 31.7 Å². The molecule has 0 aromatic heterocycles. The summed E-state index contributed by atoms with van der Waals surface area (Å²) in [4.78, 5) is 0. The molecule has 0 spiro atoms. The van der Waals surface area contributed by atoms with Crippen molar-refractivity contribution < 1.29 is 8.42 Å². The van der Waals surface area contributed by atoms with Crippen molar-refractivity contribution >= 4 is 9.84 Å². The summed E-state index contributed by atoms with van der Waals surface area (Å²) in [6.45, 7) is 8.34. The molecule has 0 heterocycles. The standard InChI is InChI=1S/C10H23NO2S/c1-9(5-7-11)14(12,13)8-6-10(2,3)4/h9H,5-8,11H2,1-4H3. The molecule has 3 nitrogen and oxygen atoms in total. The predicted octanol–water partition coefficient (Wildman–Crippen LogP) is 1.57. The minimum atomic E-state index is -2.94. The maximum absolute atomic E-state index is 11.7. The second-order valence-corrected chi connectivity index (χ2v) is 7.60. The molecule has 14 heavy (non-hydrogen) atoms. The lowest BCUT2D eigenvalue weighted by Crippen LogP contribution is -2.26. The SMILES string of the molecule is CC(CCN)S(=O)(=O)CCC(C)(C)C. The summed E-state index contributed by atoms with van der Waals surface area (Å²) in [6.07, 6.45) is 1.27. The maximum atomic E-state index is 11.7. The third-order valence-electron chi connectivity index (χ3n) is 2.32. The van der Waals surface area contributed by atoms with Gasteiger partial charge in [0.15, 0.2) is 9.84 Å². The van der Waals surface area contributed by atoms with E-state index in [1.54, 1.807) is 6.92 Å². The second-order valence-electron chi connectivity index (χ2n) is 5.07. The van der Waals surface area contributed by atoms with Crippen LogP contribution in [0.5, 0.6) is 0 Å². The highest BCUT2D eigenvalue weighted by molar-refractivity contribution is 7.92. The van der Waals surface area contributed by atoms with E-state index in [0.717, 1.165) is 0 Å². The van der Waals surface area contributed by atoms with Gasteiger partial charge in [0, 0.05) is 0 Å². The van der Waals surface area contributed by atoms with Crippen LogP contribution in [0.15, 0.2) is 0 Å². The van der Waals surface area contributed by atoms with Crippen LogP contribution in [-0.4, -0.2) is 26.0 Å². The van der Waals surface area contributed by atoms with Gasteiger partial charge in [0.1, 0.15) is 0 Å². The third kappa shape index (κ3) is 5.60. The lowest BCUT2D eigenvalue weighted by atomic mass is 9.94. The first kappa shape index (κ1) is 13.9. The summed E-state index contributed by atoms with van der Waals surface area (Å²) in [5.41, 5.74) is 5.42. The fourth-order valence-corrected chi connectivity index (χ4v) is 2.86. The fraction of sp³-hybridized carbons (Fsp3) is 1.00. The minimum Gasteiger partial charge on any atom is -0.330 e. The normalized spacial score (nSPS) is 15.5. The molecule has 0 aromatic rings. The van der Waals surface area contributed by atoms with Gasteiger partial charge in [0.2, 0.25) is 0 Å². The van der Waals surface area contributed by atoms with Gasteiger partial charge < -0.3 is 5.73 Å². The molecule has 0 aliphatic heterocycles. The molecule has 2 N–H and O–H groups in total. The van der Waals surface area contributed by atoms with E-state index in [1.807, 2.05) is 0 Å². The van der Waals surface area contributed by atoms with Crippen LogP contribution in [0.25, 0.3) is 0 Å². The summed E-state index contributed by atoms with van der Waals surface area (Å²) in [5, 5.41) is -0.296. The highest BCUT2D eigenvalue weighted by atomic mass is 32.2. The smallest absolute Gasteiger partial charge is 0.152 e. The second kappa shape index (κ2) is 5.12. The van der Waals surface area contributed by atoms with Gasteiger partial charge in [0.25, 0.3) is 0 Å². The molecule has 86 valence electrons. The molecule has 0 aliphatic rings. The molecule has 0 fully saturated rings. The van der Waals surface area contributed by atoms with Gasteiger partial charge in [-0.25, -0.2) is 8.42 Å². The summed E-state index contributed by atoms with van der Waals surface area (Å²) in [6, 6.07) is 0. The zero-order valence-electron chi connectivity index (χ0n) is 9.71. The van der Waals surface area contributed by atoms with E-state index < -0.39 is 9.84 Å². The Morgan fingerprint density at radius 2 is 1.79 bits per heavy atom. The van der Waals surface area contributed by atoms with Gasteiger partial charge in [-0.2, -0.15) is 0 Å². The number of hydrogen-bond acceptors (Lipinski definition) is 3. The summed E-state index contributed by atoms with van der Waals surface area (Å²) < 4.78 is 23.4. The van der Waals surface area contributed by atoms with Gasteiger partial charge in [0.05, 0.1) is 11.0 Å². The van der Waals surface area contributed by atoms with Gasteiger partial charge >= 0.3 is 0 Å². The molecule has 4 heteroatoms. The van der Waals surface area contributed by atoms with Crippen molar-refractivity contribution in [2.45, 2.75) is 45.8 Å². The van der Waals surface area contributed by atoms with E-state index in [1.165, 1.54) is 0 Å². The van der Waals surface area contributed by atoms with E-state index in [9.17, 15) is 8.42 Å². The Bertz CT molecular complexity index is 252. The summed E-state index contributed by atoms with van der Waals surface area (Å²) >= 11 is 0. The zero-order valence-corrected chi connectivity index (χ0v) is 10.5. The van der Waals surface area contributed by atoms with Crippen LogP contribution in [0.3, 0.4) is 0 Å². The van der Waals surface area contributed by atoms with Crippen molar-refractivity contribution in [2.24, 2.45) is 11.1 Å². The van der Waals surface area contributed by atoms with Gasteiger partial charge in [-0.1, -0.05) is 20.8 Å². The number of nitrogens with two attached hydrogens (primary N) is 1. The Kier molecular flexibility index (Phi) is 5.09. The zero-order chi connectivity index (χ0) is 11.4. The molecule has 0 amide bonds. The van der Waals surface area contributed by atoms with E-state index in [4.69, 9.17) is 5.73 Å². The lowest BCUT2D eigenvalue weighted by Gasteiger charge is -2.19. The van der Waals surface area contributed by atoms with Crippen LogP contribution < -0.4 is 5.73 Å². The molecule has 0 aromatic carbocycles. The molecular weight excluding hydrogens is 198 g/mol. The number of hydrogen-bond donors (Lipinski definition) is 1. The Balaban J connectivity index is 4.22. The molecule has 1 atom stereocenters. The first-order chi connectivity index (χ1) is 6.19. The van der Waals surface area contributed by atoms with Crippen molar-refractivity contribution in [1.29, 1.82) is 0 Å². The molecule has 0 aliphatic carbocycles. The predicted molar refractivity (Wildman–Crippen MR) is 61.0 cm³/mol. The topological polar surface area (TPSA) is 60.2 Å². The van der Waals surface area contributed by atoms with Crippen LogP contribution in [0.1, 0.15) is 40.5 Å². The van der Waals surface area contributed by atoms with E-state index >= 15 is 0 Å². The van der Waals surface area contributed by atoms with E-state index in [2.05, 4.69) is 20.8 Å². The van der Waals surface area contributed by atoms with Crippen molar-refractivity contribution in [2.75, 3.05) is 12.3 Å². The van der Waals surface area contributed by atoms with Crippen molar-refractivity contribution in [3.8, 4) is 0 Å². The van der Waals surface area contributed by atoms with Crippen molar-refractivity contribution in [3.05, 3.63) is 0 Å².